The predicted molar refractivity (Wildman–Crippen MR) is 153 cm³/mol. The third kappa shape index (κ3) is 6.54. The largest absolute Gasteiger partial charge is 0.497 e. The maximum atomic E-state index is 13.4. The Hall–Kier alpha value is -4.11. The van der Waals surface area contributed by atoms with Crippen LogP contribution in [0, 0.1) is 6.92 Å². The molecule has 212 valence electrons. The molecule has 0 bridgehead atoms. The maximum absolute atomic E-state index is 13.4. The van der Waals surface area contributed by atoms with Crippen LogP contribution in [0.25, 0.3) is 0 Å². The van der Waals surface area contributed by atoms with E-state index in [0.717, 1.165) is 17.5 Å². The van der Waals surface area contributed by atoms with Gasteiger partial charge >= 0.3 is 12.0 Å². The van der Waals surface area contributed by atoms with E-state index in [0.29, 0.717) is 55.3 Å². The average molecular weight is 547 g/mol. The molecule has 4 rings (SSSR count). The van der Waals surface area contributed by atoms with E-state index < -0.39 is 12.0 Å². The summed E-state index contributed by atoms with van der Waals surface area (Å²) in [4.78, 5) is 45.6. The number of urea groups is 1. The molecule has 0 radical (unpaired) electrons. The van der Waals surface area contributed by atoms with E-state index in [2.05, 4.69) is 16.8 Å². The van der Waals surface area contributed by atoms with Gasteiger partial charge in [0, 0.05) is 50.5 Å². The van der Waals surface area contributed by atoms with Crippen molar-refractivity contribution in [2.75, 3.05) is 53.0 Å². The minimum Gasteiger partial charge on any atom is -0.497 e. The zero-order valence-electron chi connectivity index (χ0n) is 23.5. The smallest absolute Gasteiger partial charge is 0.338 e. The molecular weight excluding hydrogens is 508 g/mol. The van der Waals surface area contributed by atoms with Crippen molar-refractivity contribution in [2.45, 2.75) is 26.3 Å². The molecule has 0 unspecified atom stereocenters. The number of methoxy groups -OCH3 is 1. The Morgan fingerprint density at radius 2 is 1.88 bits per heavy atom. The van der Waals surface area contributed by atoms with E-state index in [4.69, 9.17) is 9.47 Å². The first kappa shape index (κ1) is 28.9. The summed E-state index contributed by atoms with van der Waals surface area (Å²) in [6, 6.07) is 14.0. The van der Waals surface area contributed by atoms with Gasteiger partial charge < -0.3 is 19.7 Å². The van der Waals surface area contributed by atoms with Gasteiger partial charge in [0.2, 0.25) is 0 Å². The molecule has 0 spiro atoms. The van der Waals surface area contributed by atoms with E-state index in [1.807, 2.05) is 48.2 Å². The summed E-state index contributed by atoms with van der Waals surface area (Å²) >= 11 is 0. The normalized spacial score (nSPS) is 18.2. The standard InChI is InChI=1S/C31H38N4O5/c1-5-15-35-26(27(30(37)40-6-2)28(32-31(35)38)23-13-11-22(3)12-14-23)21-33-16-8-17-34(19-18-33)29(36)24-9-7-10-25(20-24)39-4/h5,7,9-14,20,28H,1,6,8,15-19,21H2,2-4H3,(H,32,38)/t28-/m0/s1. The molecule has 2 aromatic carbocycles. The molecule has 0 aliphatic carbocycles. The summed E-state index contributed by atoms with van der Waals surface area (Å²) in [6.45, 7) is 10.8. The molecule has 9 nitrogen and oxygen atoms in total. The molecule has 3 amide bonds. The summed E-state index contributed by atoms with van der Waals surface area (Å²) in [7, 11) is 1.58. The quantitative estimate of drug-likeness (QED) is 0.379. The zero-order chi connectivity index (χ0) is 28.6. The number of esters is 1. The van der Waals surface area contributed by atoms with E-state index in [1.165, 1.54) is 0 Å². The first-order valence-electron chi connectivity index (χ1n) is 13.7. The molecular formula is C31H38N4O5. The van der Waals surface area contributed by atoms with Gasteiger partial charge in [0.15, 0.2) is 0 Å². The fourth-order valence-corrected chi connectivity index (χ4v) is 5.14. The van der Waals surface area contributed by atoms with Crippen molar-refractivity contribution in [1.82, 2.24) is 20.0 Å². The zero-order valence-corrected chi connectivity index (χ0v) is 23.5. The lowest BCUT2D eigenvalue weighted by Crippen LogP contribution is -2.51. The Labute approximate surface area is 236 Å². The van der Waals surface area contributed by atoms with Gasteiger partial charge in [0.1, 0.15) is 5.75 Å². The van der Waals surface area contributed by atoms with Crippen LogP contribution in [0.15, 0.2) is 72.5 Å². The van der Waals surface area contributed by atoms with E-state index in [-0.39, 0.29) is 25.1 Å². The summed E-state index contributed by atoms with van der Waals surface area (Å²) in [5.41, 5.74) is 3.49. The Balaban J connectivity index is 1.63. The Morgan fingerprint density at radius 1 is 1.10 bits per heavy atom. The Kier molecular flexibility index (Phi) is 9.60. The van der Waals surface area contributed by atoms with Crippen LogP contribution in [-0.4, -0.2) is 85.6 Å². The third-order valence-electron chi connectivity index (χ3n) is 7.22. The minimum atomic E-state index is -0.638. The number of hydrogen-bond acceptors (Lipinski definition) is 6. The van der Waals surface area contributed by atoms with Crippen molar-refractivity contribution in [3.63, 3.8) is 0 Å². The first-order chi connectivity index (χ1) is 19.4. The maximum Gasteiger partial charge on any atom is 0.338 e. The van der Waals surface area contributed by atoms with Crippen LogP contribution in [0.5, 0.6) is 5.75 Å². The van der Waals surface area contributed by atoms with Crippen LogP contribution in [0.3, 0.4) is 0 Å². The number of benzene rings is 2. The van der Waals surface area contributed by atoms with E-state index >= 15 is 0 Å². The number of rotatable bonds is 9. The van der Waals surface area contributed by atoms with Gasteiger partial charge in [-0.3, -0.25) is 14.6 Å². The second-order valence-corrected chi connectivity index (χ2v) is 9.93. The lowest BCUT2D eigenvalue weighted by atomic mass is 9.93. The van der Waals surface area contributed by atoms with Gasteiger partial charge in [-0.15, -0.1) is 6.58 Å². The van der Waals surface area contributed by atoms with Crippen LogP contribution >= 0.6 is 0 Å². The van der Waals surface area contributed by atoms with Crippen molar-refractivity contribution in [3.8, 4) is 5.75 Å². The number of ether oxygens (including phenoxy) is 2. The van der Waals surface area contributed by atoms with Crippen LogP contribution in [0.4, 0.5) is 4.79 Å². The fourth-order valence-electron chi connectivity index (χ4n) is 5.14. The van der Waals surface area contributed by atoms with Gasteiger partial charge in [-0.25, -0.2) is 9.59 Å². The first-order valence-corrected chi connectivity index (χ1v) is 13.7. The van der Waals surface area contributed by atoms with Crippen molar-refractivity contribution in [2.24, 2.45) is 0 Å². The number of amides is 3. The van der Waals surface area contributed by atoms with E-state index in [1.54, 1.807) is 37.1 Å². The lowest BCUT2D eigenvalue weighted by Gasteiger charge is -2.38. The number of carbonyl (C=O) groups excluding carboxylic acids is 3. The van der Waals surface area contributed by atoms with Gasteiger partial charge in [-0.2, -0.15) is 0 Å². The molecule has 2 aromatic rings. The monoisotopic (exact) mass is 546 g/mol. The van der Waals surface area contributed by atoms with Crippen molar-refractivity contribution < 1.29 is 23.9 Å². The number of hydrogen-bond donors (Lipinski definition) is 1. The highest BCUT2D eigenvalue weighted by atomic mass is 16.5. The number of carbonyl (C=O) groups is 3. The second-order valence-electron chi connectivity index (χ2n) is 9.93. The molecule has 1 N–H and O–H groups in total. The van der Waals surface area contributed by atoms with Crippen molar-refractivity contribution in [1.29, 1.82) is 0 Å². The van der Waals surface area contributed by atoms with Gasteiger partial charge in [0.25, 0.3) is 5.91 Å². The molecule has 1 atom stereocenters. The molecule has 9 heteroatoms. The van der Waals surface area contributed by atoms with Crippen LogP contribution in [-0.2, 0) is 9.53 Å². The highest BCUT2D eigenvalue weighted by molar-refractivity contribution is 5.95. The summed E-state index contributed by atoms with van der Waals surface area (Å²) in [6.07, 6.45) is 2.40. The molecule has 0 saturated carbocycles. The van der Waals surface area contributed by atoms with Crippen LogP contribution < -0.4 is 10.1 Å². The highest BCUT2D eigenvalue weighted by Crippen LogP contribution is 2.32. The molecule has 1 fully saturated rings. The molecule has 2 aliphatic rings. The van der Waals surface area contributed by atoms with Crippen molar-refractivity contribution >= 4 is 17.9 Å². The predicted octanol–water partition coefficient (Wildman–Crippen LogP) is 3.92. The highest BCUT2D eigenvalue weighted by Gasteiger charge is 2.38. The lowest BCUT2D eigenvalue weighted by molar-refractivity contribution is -0.139. The minimum absolute atomic E-state index is 0.0445. The summed E-state index contributed by atoms with van der Waals surface area (Å²) in [5.74, 6) is 0.139. The fraction of sp³-hybridized carbons (Fsp3) is 0.387. The van der Waals surface area contributed by atoms with Gasteiger partial charge in [-0.1, -0.05) is 42.0 Å². The number of nitrogens with one attached hydrogen (secondary N) is 1. The third-order valence-corrected chi connectivity index (χ3v) is 7.22. The molecule has 2 aliphatic heterocycles. The number of nitrogens with zero attached hydrogens (tertiary/aromatic N) is 3. The molecule has 0 aromatic heterocycles. The molecule has 40 heavy (non-hydrogen) atoms. The summed E-state index contributed by atoms with van der Waals surface area (Å²) < 4.78 is 10.8. The molecule has 1 saturated heterocycles. The Bertz CT molecular complexity index is 1270. The van der Waals surface area contributed by atoms with Crippen LogP contribution in [0.1, 0.15) is 40.9 Å². The van der Waals surface area contributed by atoms with Gasteiger partial charge in [-0.05, 0) is 44.0 Å². The topological polar surface area (TPSA) is 91.4 Å². The van der Waals surface area contributed by atoms with E-state index in [9.17, 15) is 14.4 Å². The SMILES string of the molecule is C=CCN1C(=O)N[C@@H](c2ccc(C)cc2)C(C(=O)OCC)=C1CN1CCCN(C(=O)c2cccc(OC)c2)CC1. The van der Waals surface area contributed by atoms with Crippen molar-refractivity contribution in [3.05, 3.63) is 89.1 Å². The van der Waals surface area contributed by atoms with Crippen LogP contribution in [0.2, 0.25) is 0 Å². The second kappa shape index (κ2) is 13.3. The Morgan fingerprint density at radius 3 is 2.58 bits per heavy atom. The molecule has 2 heterocycles. The number of aryl methyl sites for hydroxylation is 1. The van der Waals surface area contributed by atoms with Gasteiger partial charge in [0.05, 0.1) is 25.3 Å². The summed E-state index contributed by atoms with van der Waals surface area (Å²) in [5, 5.41) is 3.00. The average Bonchev–Trinajstić information content (AvgIpc) is 3.20.